The molecule has 13 heteroatoms. The number of hydrogen-bond acceptors (Lipinski definition) is 10. The number of piperazine rings is 1. The van der Waals surface area contributed by atoms with Crippen molar-refractivity contribution in [3.63, 3.8) is 0 Å². The molecule has 3 N–H and O–H groups in total. The summed E-state index contributed by atoms with van der Waals surface area (Å²) >= 11 is 1.39. The predicted molar refractivity (Wildman–Crippen MR) is 158 cm³/mol. The second kappa shape index (κ2) is 11.8. The molecular weight excluding hydrogens is 545 g/mol. The molecule has 1 aliphatic carbocycles. The highest BCUT2D eigenvalue weighted by Gasteiger charge is 2.28. The lowest BCUT2D eigenvalue weighted by atomic mass is 10.2. The van der Waals surface area contributed by atoms with Gasteiger partial charge in [-0.05, 0) is 50.4 Å². The minimum atomic E-state index is -0.598. The van der Waals surface area contributed by atoms with E-state index in [-0.39, 0.29) is 5.69 Å². The Morgan fingerprint density at radius 2 is 1.93 bits per heavy atom. The highest BCUT2D eigenvalue weighted by Crippen LogP contribution is 2.40. The summed E-state index contributed by atoms with van der Waals surface area (Å²) in [6.07, 6.45) is 4.97. The Balaban J connectivity index is 1.08. The summed E-state index contributed by atoms with van der Waals surface area (Å²) in [6, 6.07) is 7.68. The molecule has 2 amide bonds. The second-order valence-electron chi connectivity index (χ2n) is 10.3. The Bertz CT molecular complexity index is 1530. The van der Waals surface area contributed by atoms with Crippen LogP contribution in [0, 0.1) is 12.7 Å². The first-order valence-corrected chi connectivity index (χ1v) is 14.7. The quantitative estimate of drug-likeness (QED) is 0.225. The van der Waals surface area contributed by atoms with Gasteiger partial charge in [-0.15, -0.1) is 0 Å². The van der Waals surface area contributed by atoms with Gasteiger partial charge in [0.25, 0.3) is 0 Å². The molecule has 214 valence electrons. The van der Waals surface area contributed by atoms with Gasteiger partial charge in [0.1, 0.15) is 29.0 Å². The number of aromatic nitrogens is 4. The lowest BCUT2D eigenvalue weighted by Crippen LogP contribution is -2.46. The topological polar surface area (TPSA) is 124 Å². The number of amides is 2. The third-order valence-electron chi connectivity index (χ3n) is 7.05. The first-order chi connectivity index (χ1) is 19.9. The Morgan fingerprint density at radius 1 is 1.10 bits per heavy atom. The molecular formula is C28H32FN9O2S. The molecule has 4 aromatic rings. The SMILES string of the molecule is CCCN1CCN(c2cc(Nc3ncc(-c4ccc(NC(=O)Nc5cc(C6CC6)on5)c(F)c4)s3)nc(C)n2)CC1. The van der Waals surface area contributed by atoms with Crippen LogP contribution in [0.4, 0.5) is 37.5 Å². The minimum Gasteiger partial charge on any atom is -0.359 e. The van der Waals surface area contributed by atoms with Crippen molar-refractivity contribution >= 4 is 45.6 Å². The van der Waals surface area contributed by atoms with Gasteiger partial charge in [0.2, 0.25) is 0 Å². The molecule has 2 fully saturated rings. The summed E-state index contributed by atoms with van der Waals surface area (Å²) in [5, 5.41) is 12.9. The number of rotatable bonds is 9. The number of carbonyl (C=O) groups is 1. The molecule has 1 saturated carbocycles. The fourth-order valence-corrected chi connectivity index (χ4v) is 5.64. The zero-order valence-electron chi connectivity index (χ0n) is 23.0. The molecule has 41 heavy (non-hydrogen) atoms. The molecule has 1 saturated heterocycles. The number of thiazole rings is 1. The standard InChI is InChI=1S/C28H32FN9O2S/c1-3-8-37-9-11-38(12-10-37)26-15-24(31-17(2)32-26)35-28-30-16-23(41-28)19-6-7-21(20(29)13-19)33-27(39)34-25-14-22(40-36-25)18-4-5-18/h6-7,13-16,18H,3-5,8-12H2,1-2H3,(H,30,31,32,35)(H2,33,34,36,39). The van der Waals surface area contributed by atoms with Crippen LogP contribution in [-0.2, 0) is 0 Å². The largest absolute Gasteiger partial charge is 0.359 e. The first kappa shape index (κ1) is 27.1. The lowest BCUT2D eigenvalue weighted by Gasteiger charge is -2.35. The number of benzene rings is 1. The van der Waals surface area contributed by atoms with Crippen LogP contribution in [0.2, 0.25) is 0 Å². The van der Waals surface area contributed by atoms with E-state index >= 15 is 0 Å². The number of aryl methyl sites for hydroxylation is 1. The fourth-order valence-electron chi connectivity index (χ4n) is 4.82. The van der Waals surface area contributed by atoms with Crippen LogP contribution in [0.15, 0.2) is 41.1 Å². The molecule has 1 aromatic carbocycles. The van der Waals surface area contributed by atoms with Gasteiger partial charge < -0.3 is 20.1 Å². The molecule has 1 aliphatic heterocycles. The number of anilines is 5. The molecule has 0 unspecified atom stereocenters. The van der Waals surface area contributed by atoms with Crippen molar-refractivity contribution in [1.82, 2.24) is 25.0 Å². The van der Waals surface area contributed by atoms with Gasteiger partial charge in [0, 0.05) is 50.4 Å². The summed E-state index contributed by atoms with van der Waals surface area (Å²) in [7, 11) is 0. The van der Waals surface area contributed by atoms with Crippen LogP contribution in [0.5, 0.6) is 0 Å². The van der Waals surface area contributed by atoms with Crippen LogP contribution in [0.1, 0.15) is 43.7 Å². The maximum absolute atomic E-state index is 14.9. The average Bonchev–Trinajstić information content (AvgIpc) is 3.53. The van der Waals surface area contributed by atoms with Gasteiger partial charge in [-0.2, -0.15) is 0 Å². The van der Waals surface area contributed by atoms with E-state index in [1.54, 1.807) is 18.3 Å². The van der Waals surface area contributed by atoms with Crippen LogP contribution < -0.4 is 20.9 Å². The molecule has 11 nitrogen and oxygen atoms in total. The Labute approximate surface area is 241 Å². The molecule has 0 spiro atoms. The highest BCUT2D eigenvalue weighted by molar-refractivity contribution is 7.18. The van der Waals surface area contributed by atoms with Crippen LogP contribution in [0.25, 0.3) is 10.4 Å². The van der Waals surface area contributed by atoms with Crippen LogP contribution >= 0.6 is 11.3 Å². The lowest BCUT2D eigenvalue weighted by molar-refractivity contribution is 0.258. The van der Waals surface area contributed by atoms with E-state index in [9.17, 15) is 9.18 Å². The number of nitrogens with one attached hydrogen (secondary N) is 3. The third-order valence-corrected chi connectivity index (χ3v) is 8.01. The van der Waals surface area contributed by atoms with Crippen molar-refractivity contribution in [2.45, 2.75) is 39.0 Å². The first-order valence-electron chi connectivity index (χ1n) is 13.8. The zero-order chi connectivity index (χ0) is 28.3. The molecule has 0 atom stereocenters. The van der Waals surface area contributed by atoms with Crippen LogP contribution in [-0.4, -0.2) is 63.8 Å². The number of urea groups is 1. The molecule has 2 aliphatic rings. The fraction of sp³-hybridized carbons (Fsp3) is 0.393. The molecule has 0 bridgehead atoms. The molecule has 0 radical (unpaired) electrons. The van der Waals surface area contributed by atoms with Gasteiger partial charge >= 0.3 is 6.03 Å². The van der Waals surface area contributed by atoms with Crippen LogP contribution in [0.3, 0.4) is 0 Å². The van der Waals surface area contributed by atoms with Crippen molar-refractivity contribution < 1.29 is 13.7 Å². The molecule has 3 aromatic heterocycles. The van der Waals surface area contributed by atoms with Gasteiger partial charge in [0.05, 0.1) is 10.6 Å². The smallest absolute Gasteiger partial charge is 0.325 e. The predicted octanol–water partition coefficient (Wildman–Crippen LogP) is 5.83. The van der Waals surface area contributed by atoms with Crippen molar-refractivity contribution in [3.05, 3.63) is 53.9 Å². The summed E-state index contributed by atoms with van der Waals surface area (Å²) in [5.74, 6) is 3.12. The zero-order valence-corrected chi connectivity index (χ0v) is 23.8. The van der Waals surface area contributed by atoms with Gasteiger partial charge in [-0.25, -0.2) is 24.1 Å². The summed E-state index contributed by atoms with van der Waals surface area (Å²) in [5.41, 5.74) is 0.702. The van der Waals surface area contributed by atoms with Crippen molar-refractivity contribution in [3.8, 4) is 10.4 Å². The number of nitrogens with zero attached hydrogens (tertiary/aromatic N) is 6. The van der Waals surface area contributed by atoms with E-state index in [1.807, 2.05) is 13.0 Å². The number of hydrogen-bond donors (Lipinski definition) is 3. The van der Waals surface area contributed by atoms with E-state index in [0.29, 0.717) is 34.1 Å². The van der Waals surface area contributed by atoms with Crippen molar-refractivity contribution in [1.29, 1.82) is 0 Å². The molecule has 6 rings (SSSR count). The van der Waals surface area contributed by atoms with Crippen molar-refractivity contribution in [2.75, 3.05) is 53.6 Å². The summed E-state index contributed by atoms with van der Waals surface area (Å²) in [6.45, 7) is 9.11. The summed E-state index contributed by atoms with van der Waals surface area (Å²) in [4.78, 5) is 31.5. The van der Waals surface area contributed by atoms with E-state index in [0.717, 1.165) is 68.4 Å². The van der Waals surface area contributed by atoms with Gasteiger partial charge in [-0.1, -0.05) is 29.5 Å². The maximum atomic E-state index is 14.9. The number of carbonyl (C=O) groups excluding carboxylic acids is 1. The summed E-state index contributed by atoms with van der Waals surface area (Å²) < 4.78 is 20.1. The molecule has 4 heterocycles. The van der Waals surface area contributed by atoms with E-state index in [2.05, 4.69) is 52.8 Å². The van der Waals surface area contributed by atoms with E-state index in [1.165, 1.54) is 23.5 Å². The normalized spacial score (nSPS) is 15.6. The van der Waals surface area contributed by atoms with Gasteiger partial charge in [0.15, 0.2) is 10.9 Å². The Kier molecular flexibility index (Phi) is 7.79. The average molecular weight is 578 g/mol. The Morgan fingerprint density at radius 3 is 2.68 bits per heavy atom. The highest BCUT2D eigenvalue weighted by atomic mass is 32.1. The minimum absolute atomic E-state index is 0.0551. The van der Waals surface area contributed by atoms with E-state index < -0.39 is 11.8 Å². The second-order valence-corrected chi connectivity index (χ2v) is 11.3. The van der Waals surface area contributed by atoms with Crippen molar-refractivity contribution in [2.24, 2.45) is 0 Å². The Hall–Kier alpha value is -4.10. The monoisotopic (exact) mass is 577 g/mol. The van der Waals surface area contributed by atoms with E-state index in [4.69, 9.17) is 4.52 Å². The van der Waals surface area contributed by atoms with Gasteiger partial charge in [-0.3, -0.25) is 10.2 Å². The maximum Gasteiger partial charge on any atom is 0.325 e. The number of halogens is 1. The third kappa shape index (κ3) is 6.63.